The second-order valence-electron chi connectivity index (χ2n) is 6.72. The highest BCUT2D eigenvalue weighted by molar-refractivity contribution is 5.78. The molecule has 3 aromatic rings. The lowest BCUT2D eigenvalue weighted by molar-refractivity contribution is -0.140. The highest BCUT2D eigenvalue weighted by Crippen LogP contribution is 2.44. The molecule has 1 atom stereocenters. The van der Waals surface area contributed by atoms with Gasteiger partial charge in [0.2, 0.25) is 16.9 Å². The predicted octanol–water partition coefficient (Wildman–Crippen LogP) is 2.97. The fourth-order valence-electron chi connectivity index (χ4n) is 3.49. The molecule has 1 aliphatic heterocycles. The Morgan fingerprint density at radius 3 is 2.70 bits per heavy atom. The first-order valence-electron chi connectivity index (χ1n) is 9.32. The summed E-state index contributed by atoms with van der Waals surface area (Å²) in [6.45, 7) is 0.742. The number of methoxy groups -OCH3 is 2. The van der Waals surface area contributed by atoms with Crippen molar-refractivity contribution in [3.05, 3.63) is 57.9 Å². The van der Waals surface area contributed by atoms with E-state index < -0.39 is 23.1 Å². The van der Waals surface area contributed by atoms with Crippen molar-refractivity contribution in [1.82, 2.24) is 0 Å². The Balaban J connectivity index is 1.92. The number of carbonyl (C=O) groups is 1. The van der Waals surface area contributed by atoms with Gasteiger partial charge in [-0.25, -0.2) is 0 Å². The molecule has 2 heterocycles. The quantitative estimate of drug-likeness (QED) is 0.638. The zero-order valence-electron chi connectivity index (χ0n) is 16.5. The van der Waals surface area contributed by atoms with Crippen LogP contribution < -0.4 is 19.6 Å². The maximum Gasteiger partial charge on any atom is 0.306 e. The summed E-state index contributed by atoms with van der Waals surface area (Å²) in [5.74, 6) is -0.663. The molecule has 4 rings (SSSR count). The van der Waals surface area contributed by atoms with E-state index in [9.17, 15) is 14.7 Å². The third-order valence-corrected chi connectivity index (χ3v) is 4.97. The fourth-order valence-corrected chi connectivity index (χ4v) is 3.49. The van der Waals surface area contributed by atoms with Crippen molar-refractivity contribution in [2.75, 3.05) is 27.4 Å². The van der Waals surface area contributed by atoms with Crippen LogP contribution in [0.4, 0.5) is 0 Å². The van der Waals surface area contributed by atoms with Gasteiger partial charge >= 0.3 is 5.97 Å². The van der Waals surface area contributed by atoms with Gasteiger partial charge in [0, 0.05) is 0 Å². The molecule has 156 valence electrons. The molecule has 30 heavy (non-hydrogen) atoms. The fraction of sp³-hybridized carbons (Fsp3) is 0.273. The Kier molecular flexibility index (Phi) is 5.22. The molecule has 0 spiro atoms. The largest absolute Gasteiger partial charge is 0.502 e. The van der Waals surface area contributed by atoms with Crippen molar-refractivity contribution in [2.45, 2.75) is 12.3 Å². The minimum atomic E-state index is -0.820. The number of benzene rings is 2. The predicted molar refractivity (Wildman–Crippen MR) is 107 cm³/mol. The summed E-state index contributed by atoms with van der Waals surface area (Å²) in [6, 6.07) is 9.92. The van der Waals surface area contributed by atoms with Crippen LogP contribution in [0, 0.1) is 0 Å². The second-order valence-corrected chi connectivity index (χ2v) is 6.72. The lowest BCUT2D eigenvalue weighted by Crippen LogP contribution is -2.18. The van der Waals surface area contributed by atoms with Crippen LogP contribution in [-0.4, -0.2) is 38.5 Å². The summed E-state index contributed by atoms with van der Waals surface area (Å²) < 4.78 is 27.4. The van der Waals surface area contributed by atoms with E-state index in [4.69, 9.17) is 23.4 Å². The third kappa shape index (κ3) is 3.41. The summed E-state index contributed by atoms with van der Waals surface area (Å²) in [7, 11) is 2.75. The normalized spacial score (nSPS) is 13.7. The number of rotatable bonds is 5. The Labute approximate surface area is 171 Å². The van der Waals surface area contributed by atoms with E-state index >= 15 is 0 Å². The van der Waals surface area contributed by atoms with Crippen LogP contribution in [0.1, 0.15) is 23.7 Å². The first-order valence-corrected chi connectivity index (χ1v) is 9.32. The average molecular weight is 412 g/mol. The Morgan fingerprint density at radius 2 is 1.93 bits per heavy atom. The Bertz CT molecular complexity index is 1150. The maximum absolute atomic E-state index is 12.7. The van der Waals surface area contributed by atoms with Crippen LogP contribution in [0.2, 0.25) is 0 Å². The summed E-state index contributed by atoms with van der Waals surface area (Å²) >= 11 is 0. The molecule has 0 bridgehead atoms. The first kappa shape index (κ1) is 19.6. The van der Waals surface area contributed by atoms with Crippen molar-refractivity contribution >= 4 is 16.9 Å². The van der Waals surface area contributed by atoms with Gasteiger partial charge in [-0.05, 0) is 29.8 Å². The molecule has 1 unspecified atom stereocenters. The number of carbonyl (C=O) groups excluding carboxylic acids is 1. The molecule has 2 aromatic carbocycles. The van der Waals surface area contributed by atoms with Crippen molar-refractivity contribution in [3.8, 4) is 23.0 Å². The highest BCUT2D eigenvalue weighted by atomic mass is 16.6. The topological polar surface area (TPSA) is 104 Å². The molecule has 8 nitrogen and oxygen atoms in total. The van der Waals surface area contributed by atoms with Gasteiger partial charge in [-0.3, -0.25) is 9.59 Å². The minimum absolute atomic E-state index is 0.0390. The van der Waals surface area contributed by atoms with Gasteiger partial charge in [-0.15, -0.1) is 0 Å². The van der Waals surface area contributed by atoms with E-state index in [1.807, 2.05) is 0 Å². The summed E-state index contributed by atoms with van der Waals surface area (Å²) in [5, 5.41) is 10.9. The van der Waals surface area contributed by atoms with E-state index in [0.717, 1.165) is 0 Å². The van der Waals surface area contributed by atoms with Crippen LogP contribution in [-0.2, 0) is 9.53 Å². The number of hydrogen-bond acceptors (Lipinski definition) is 8. The smallest absolute Gasteiger partial charge is 0.306 e. The molecule has 0 fully saturated rings. The minimum Gasteiger partial charge on any atom is -0.502 e. The molecular weight excluding hydrogens is 392 g/mol. The zero-order valence-corrected chi connectivity index (χ0v) is 16.5. The molecule has 8 heteroatoms. The number of hydrogen-bond donors (Lipinski definition) is 1. The average Bonchev–Trinajstić information content (AvgIpc) is 2.79. The molecule has 0 saturated carbocycles. The third-order valence-electron chi connectivity index (χ3n) is 4.97. The Morgan fingerprint density at radius 1 is 1.17 bits per heavy atom. The van der Waals surface area contributed by atoms with Crippen LogP contribution in [0.25, 0.3) is 11.0 Å². The molecule has 0 radical (unpaired) electrons. The van der Waals surface area contributed by atoms with Gasteiger partial charge in [-0.2, -0.15) is 0 Å². The number of esters is 1. The summed E-state index contributed by atoms with van der Waals surface area (Å²) in [6.07, 6.45) is -0.172. The molecule has 1 N–H and O–H groups in total. The number of aromatic hydroxyl groups is 1. The molecule has 0 amide bonds. The highest BCUT2D eigenvalue weighted by Gasteiger charge is 2.30. The van der Waals surface area contributed by atoms with Gasteiger partial charge in [0.25, 0.3) is 0 Å². The second kappa shape index (κ2) is 7.98. The van der Waals surface area contributed by atoms with Crippen molar-refractivity contribution < 1.29 is 33.3 Å². The van der Waals surface area contributed by atoms with Gasteiger partial charge in [-0.1, -0.05) is 12.1 Å². The van der Waals surface area contributed by atoms with Crippen molar-refractivity contribution in [2.24, 2.45) is 0 Å². The number of fused-ring (bicyclic) bond motifs is 2. The summed E-state index contributed by atoms with van der Waals surface area (Å²) in [5.41, 5.74) is 0.260. The zero-order chi connectivity index (χ0) is 21.3. The van der Waals surface area contributed by atoms with Gasteiger partial charge < -0.3 is 28.5 Å². The van der Waals surface area contributed by atoms with Crippen LogP contribution in [0.5, 0.6) is 23.0 Å². The van der Waals surface area contributed by atoms with Crippen molar-refractivity contribution in [1.29, 1.82) is 0 Å². The van der Waals surface area contributed by atoms with Gasteiger partial charge in [0.1, 0.15) is 18.8 Å². The lowest BCUT2D eigenvalue weighted by Gasteiger charge is -2.24. The number of para-hydroxylation sites is 1. The van der Waals surface area contributed by atoms with Gasteiger partial charge in [0.15, 0.2) is 17.3 Å². The van der Waals surface area contributed by atoms with Crippen molar-refractivity contribution in [3.63, 3.8) is 0 Å². The molecule has 1 aromatic heterocycles. The SMILES string of the molecule is COC(=O)CC(c1cc(OC)c2c(c1)OCCO2)c1oc2ccccc2c(=O)c1O. The molecule has 0 aliphatic carbocycles. The number of ether oxygens (including phenoxy) is 4. The Hall–Kier alpha value is -3.68. The van der Waals surface area contributed by atoms with E-state index in [0.29, 0.717) is 41.6 Å². The van der Waals surface area contributed by atoms with E-state index in [-0.39, 0.29) is 17.6 Å². The van der Waals surface area contributed by atoms with Crippen LogP contribution in [0.3, 0.4) is 0 Å². The first-order chi connectivity index (χ1) is 14.5. The van der Waals surface area contributed by atoms with Gasteiger partial charge in [0.05, 0.1) is 31.9 Å². The standard InChI is InChI=1S/C22H20O8/c1-26-16-9-12(10-17-22(16)29-8-7-28-17)14(11-18(23)27-2)21-20(25)19(24)13-5-3-4-6-15(13)30-21/h3-6,9-10,14,25H,7-8,11H2,1-2H3. The van der Waals surface area contributed by atoms with Crippen LogP contribution in [0.15, 0.2) is 45.6 Å². The maximum atomic E-state index is 12.7. The van der Waals surface area contributed by atoms with Crippen LogP contribution >= 0.6 is 0 Å². The molecule has 0 saturated heterocycles. The van der Waals surface area contributed by atoms with E-state index in [1.165, 1.54) is 14.2 Å². The summed E-state index contributed by atoms with van der Waals surface area (Å²) in [4.78, 5) is 24.9. The monoisotopic (exact) mass is 412 g/mol. The lowest BCUT2D eigenvalue weighted by atomic mass is 9.91. The molecule has 1 aliphatic rings. The van der Waals surface area contributed by atoms with E-state index in [2.05, 4.69) is 0 Å². The van der Waals surface area contributed by atoms with E-state index in [1.54, 1.807) is 36.4 Å². The molecular formula is C22H20O8.